The average Bonchev–Trinajstić information content (AvgIpc) is 2.93. The highest BCUT2D eigenvalue weighted by atomic mass is 32.2. The second-order valence-electron chi connectivity index (χ2n) is 6.54. The zero-order valence-corrected chi connectivity index (χ0v) is 16.1. The number of fused-ring (bicyclic) bond motifs is 1. The number of aromatic nitrogens is 3. The molecule has 0 radical (unpaired) electrons. The van der Waals surface area contributed by atoms with E-state index in [0.29, 0.717) is 30.7 Å². The van der Waals surface area contributed by atoms with E-state index in [1.165, 1.54) is 11.4 Å². The lowest BCUT2D eigenvalue weighted by molar-refractivity contribution is 0.411. The first-order valence-electron chi connectivity index (χ1n) is 8.87. The van der Waals surface area contributed by atoms with Gasteiger partial charge >= 0.3 is 0 Å². The van der Waals surface area contributed by atoms with Crippen molar-refractivity contribution in [2.45, 2.75) is 17.7 Å². The Labute approximate surface area is 162 Å². The van der Waals surface area contributed by atoms with Crippen molar-refractivity contribution >= 4 is 10.0 Å². The van der Waals surface area contributed by atoms with E-state index in [9.17, 15) is 13.2 Å². The number of hydrogen-bond acceptors (Lipinski definition) is 5. The minimum Gasteiger partial charge on any atom is -0.496 e. The molecule has 146 valence electrons. The third-order valence-electron chi connectivity index (χ3n) is 4.99. The van der Waals surface area contributed by atoms with Gasteiger partial charge in [0.2, 0.25) is 10.0 Å². The Hall–Kier alpha value is -2.91. The zero-order valence-electron chi connectivity index (χ0n) is 15.3. The maximum Gasteiger partial charge on any atom is 0.267 e. The van der Waals surface area contributed by atoms with Crippen molar-refractivity contribution in [3.63, 3.8) is 0 Å². The molecule has 3 heterocycles. The van der Waals surface area contributed by atoms with E-state index < -0.39 is 10.0 Å². The first-order valence-corrected chi connectivity index (χ1v) is 10.3. The number of sulfonamides is 1. The van der Waals surface area contributed by atoms with Gasteiger partial charge in [0.15, 0.2) is 0 Å². The quantitative estimate of drug-likeness (QED) is 0.691. The van der Waals surface area contributed by atoms with Gasteiger partial charge in [0.05, 0.1) is 12.0 Å². The van der Waals surface area contributed by atoms with Gasteiger partial charge in [-0.3, -0.25) is 14.9 Å². The Morgan fingerprint density at radius 2 is 1.82 bits per heavy atom. The number of aromatic amines is 2. The van der Waals surface area contributed by atoms with Gasteiger partial charge in [-0.15, -0.1) is 0 Å². The van der Waals surface area contributed by atoms with Crippen molar-refractivity contribution in [2.75, 3.05) is 20.2 Å². The summed E-state index contributed by atoms with van der Waals surface area (Å²) < 4.78 is 33.2. The molecule has 0 fully saturated rings. The van der Waals surface area contributed by atoms with Crippen LogP contribution in [0.2, 0.25) is 0 Å². The number of pyridine rings is 1. The fourth-order valence-electron chi connectivity index (χ4n) is 3.47. The van der Waals surface area contributed by atoms with Gasteiger partial charge < -0.3 is 9.84 Å². The van der Waals surface area contributed by atoms with Crippen molar-refractivity contribution in [1.29, 1.82) is 0 Å². The molecule has 8 nitrogen and oxygen atoms in total. The topological polar surface area (TPSA) is 108 Å². The van der Waals surface area contributed by atoms with Crippen molar-refractivity contribution in [3.8, 4) is 16.9 Å². The molecule has 1 aliphatic heterocycles. The molecule has 9 heteroatoms. The van der Waals surface area contributed by atoms with Crippen molar-refractivity contribution in [1.82, 2.24) is 19.5 Å². The number of ether oxygens (including phenoxy) is 1. The lowest BCUT2D eigenvalue weighted by Crippen LogP contribution is -2.33. The van der Waals surface area contributed by atoms with Crippen LogP contribution < -0.4 is 10.3 Å². The SMILES string of the molecule is COc1cc(S(=O)(=O)N2CCc3[nH][nH]c(=O)c3CC2)ccc1-c1ccncc1. The summed E-state index contributed by atoms with van der Waals surface area (Å²) in [6.45, 7) is 0.558. The molecular formula is C19H20N4O4S. The van der Waals surface area contributed by atoms with Crippen LogP contribution in [0, 0.1) is 0 Å². The number of H-pyrrole nitrogens is 2. The van der Waals surface area contributed by atoms with Gasteiger partial charge in [-0.1, -0.05) is 0 Å². The molecule has 2 N–H and O–H groups in total. The van der Waals surface area contributed by atoms with Gasteiger partial charge in [-0.25, -0.2) is 8.42 Å². The summed E-state index contributed by atoms with van der Waals surface area (Å²) in [5.74, 6) is 0.476. The fourth-order valence-corrected chi connectivity index (χ4v) is 4.93. The summed E-state index contributed by atoms with van der Waals surface area (Å²) in [7, 11) is -2.20. The fraction of sp³-hybridized carbons (Fsp3) is 0.263. The highest BCUT2D eigenvalue weighted by Crippen LogP contribution is 2.33. The minimum absolute atomic E-state index is 0.168. The van der Waals surface area contributed by atoms with Crippen LogP contribution in [0.4, 0.5) is 0 Å². The summed E-state index contributed by atoms with van der Waals surface area (Å²) in [6, 6.07) is 8.55. The van der Waals surface area contributed by atoms with Gasteiger partial charge in [0, 0.05) is 54.8 Å². The predicted octanol–water partition coefficient (Wildman–Crippen LogP) is 1.56. The first kappa shape index (κ1) is 18.5. The summed E-state index contributed by atoms with van der Waals surface area (Å²) in [5, 5.41) is 5.40. The number of benzene rings is 1. The van der Waals surface area contributed by atoms with E-state index in [4.69, 9.17) is 4.74 Å². The van der Waals surface area contributed by atoms with Crippen LogP contribution in [-0.2, 0) is 22.9 Å². The van der Waals surface area contributed by atoms with E-state index in [2.05, 4.69) is 15.2 Å². The summed E-state index contributed by atoms with van der Waals surface area (Å²) in [5.41, 5.74) is 2.90. The molecule has 2 aromatic heterocycles. The Kier molecular flexibility index (Phi) is 4.78. The van der Waals surface area contributed by atoms with Crippen molar-refractivity contribution < 1.29 is 13.2 Å². The second-order valence-corrected chi connectivity index (χ2v) is 8.48. The second kappa shape index (κ2) is 7.25. The number of rotatable bonds is 4. The minimum atomic E-state index is -3.71. The van der Waals surface area contributed by atoms with Gasteiger partial charge in [-0.05, 0) is 36.2 Å². The molecule has 0 aliphatic carbocycles. The maximum absolute atomic E-state index is 13.2. The largest absolute Gasteiger partial charge is 0.496 e. The number of hydrogen-bond donors (Lipinski definition) is 2. The molecule has 0 saturated heterocycles. The molecule has 0 atom stereocenters. The summed E-state index contributed by atoms with van der Waals surface area (Å²) in [6.07, 6.45) is 4.18. The Morgan fingerprint density at radius 1 is 1.07 bits per heavy atom. The molecule has 1 aliphatic rings. The van der Waals surface area contributed by atoms with Gasteiger partial charge in [-0.2, -0.15) is 4.31 Å². The standard InChI is InChI=1S/C19H20N4O4S/c1-27-18-12-14(2-3-15(18)13-4-8-20-9-5-13)28(25,26)23-10-6-16-17(7-11-23)21-22-19(16)24/h2-5,8-9,12H,6-7,10-11H2,1H3,(H2,21,22,24). The van der Waals surface area contributed by atoms with E-state index >= 15 is 0 Å². The highest BCUT2D eigenvalue weighted by Gasteiger charge is 2.28. The monoisotopic (exact) mass is 400 g/mol. The third-order valence-corrected chi connectivity index (χ3v) is 6.88. The molecule has 0 unspecified atom stereocenters. The van der Waals surface area contributed by atoms with Gasteiger partial charge in [0.1, 0.15) is 5.75 Å². The Balaban J connectivity index is 1.65. The summed E-state index contributed by atoms with van der Waals surface area (Å²) in [4.78, 5) is 16.0. The van der Waals surface area contributed by atoms with Crippen LogP contribution in [0.5, 0.6) is 5.75 Å². The maximum atomic E-state index is 13.2. The van der Waals surface area contributed by atoms with Gasteiger partial charge in [0.25, 0.3) is 5.56 Å². The zero-order chi connectivity index (χ0) is 19.7. The molecule has 0 spiro atoms. The highest BCUT2D eigenvalue weighted by molar-refractivity contribution is 7.89. The Bertz CT molecular complexity index is 1150. The molecule has 1 aromatic carbocycles. The average molecular weight is 400 g/mol. The molecule has 0 amide bonds. The first-order chi connectivity index (χ1) is 13.5. The van der Waals surface area contributed by atoms with Crippen LogP contribution in [0.25, 0.3) is 11.1 Å². The van der Waals surface area contributed by atoms with Crippen LogP contribution in [-0.4, -0.2) is 48.1 Å². The molecule has 0 saturated carbocycles. The van der Waals surface area contributed by atoms with E-state index in [1.54, 1.807) is 30.6 Å². The van der Waals surface area contributed by atoms with Crippen LogP contribution >= 0.6 is 0 Å². The molecular weight excluding hydrogens is 380 g/mol. The van der Waals surface area contributed by atoms with E-state index in [1.807, 2.05) is 12.1 Å². The lowest BCUT2D eigenvalue weighted by Gasteiger charge is -2.21. The van der Waals surface area contributed by atoms with Crippen molar-refractivity contribution in [2.24, 2.45) is 0 Å². The van der Waals surface area contributed by atoms with E-state index in [-0.39, 0.29) is 17.0 Å². The predicted molar refractivity (Wildman–Crippen MR) is 104 cm³/mol. The van der Waals surface area contributed by atoms with E-state index in [0.717, 1.165) is 16.8 Å². The molecule has 0 bridgehead atoms. The van der Waals surface area contributed by atoms with Crippen LogP contribution in [0.1, 0.15) is 11.3 Å². The third kappa shape index (κ3) is 3.23. The molecule has 3 aromatic rings. The smallest absolute Gasteiger partial charge is 0.267 e. The summed E-state index contributed by atoms with van der Waals surface area (Å²) >= 11 is 0. The van der Waals surface area contributed by atoms with Crippen LogP contribution in [0.3, 0.4) is 0 Å². The molecule has 4 rings (SSSR count). The number of nitrogens with zero attached hydrogens (tertiary/aromatic N) is 2. The van der Waals surface area contributed by atoms with Crippen molar-refractivity contribution in [3.05, 3.63) is 64.3 Å². The van der Waals surface area contributed by atoms with Crippen LogP contribution in [0.15, 0.2) is 52.4 Å². The lowest BCUT2D eigenvalue weighted by atomic mass is 10.1. The number of methoxy groups -OCH3 is 1. The number of nitrogens with one attached hydrogen (secondary N) is 2. The Morgan fingerprint density at radius 3 is 2.57 bits per heavy atom. The normalized spacial score (nSPS) is 15.0. The molecule has 28 heavy (non-hydrogen) atoms.